The molecule has 1 fully saturated rings. The Hall–Kier alpha value is -4.08. The van der Waals surface area contributed by atoms with Gasteiger partial charge >= 0.3 is 0 Å². The topological polar surface area (TPSA) is 97.9 Å². The Morgan fingerprint density at radius 2 is 1.60 bits per heavy atom. The summed E-state index contributed by atoms with van der Waals surface area (Å²) in [6, 6.07) is 15.2. The number of carbonyl (C=O) groups is 1. The SMILES string of the molecule is O=C(c1cnn(-c2ccccc2)n1)N1CCN(c2ccc(-n3cccn3)nn2)CC1. The highest BCUT2D eigenvalue weighted by atomic mass is 16.2. The van der Waals surface area contributed by atoms with Gasteiger partial charge in [0.05, 0.1) is 11.9 Å². The zero-order valence-electron chi connectivity index (χ0n) is 16.1. The van der Waals surface area contributed by atoms with Crippen LogP contribution in [0.3, 0.4) is 0 Å². The summed E-state index contributed by atoms with van der Waals surface area (Å²) in [6.07, 6.45) is 5.04. The predicted molar refractivity (Wildman–Crippen MR) is 109 cm³/mol. The van der Waals surface area contributed by atoms with Crippen molar-refractivity contribution in [2.45, 2.75) is 0 Å². The molecule has 10 nitrogen and oxygen atoms in total. The van der Waals surface area contributed by atoms with Crippen molar-refractivity contribution in [1.29, 1.82) is 0 Å². The average Bonchev–Trinajstić information content (AvgIpc) is 3.52. The smallest absolute Gasteiger partial charge is 0.276 e. The fourth-order valence-corrected chi connectivity index (χ4v) is 3.36. The van der Waals surface area contributed by atoms with E-state index in [-0.39, 0.29) is 5.91 Å². The van der Waals surface area contributed by atoms with Gasteiger partial charge in [-0.2, -0.15) is 15.0 Å². The molecule has 0 spiro atoms. The minimum atomic E-state index is -0.114. The predicted octanol–water partition coefficient (Wildman–Crippen LogP) is 1.21. The van der Waals surface area contributed by atoms with Gasteiger partial charge in [-0.1, -0.05) is 18.2 Å². The van der Waals surface area contributed by atoms with Gasteiger partial charge in [-0.3, -0.25) is 4.79 Å². The molecule has 0 saturated carbocycles. The molecule has 3 aromatic heterocycles. The van der Waals surface area contributed by atoms with Crippen LogP contribution < -0.4 is 4.90 Å². The number of hydrogen-bond acceptors (Lipinski definition) is 7. The first-order valence-corrected chi connectivity index (χ1v) is 9.64. The molecule has 1 aliphatic heterocycles. The maximum Gasteiger partial charge on any atom is 0.276 e. The molecule has 30 heavy (non-hydrogen) atoms. The lowest BCUT2D eigenvalue weighted by Crippen LogP contribution is -2.49. The molecule has 0 radical (unpaired) electrons. The lowest BCUT2D eigenvalue weighted by molar-refractivity contribution is 0.0740. The van der Waals surface area contributed by atoms with Crippen molar-refractivity contribution < 1.29 is 4.79 Å². The van der Waals surface area contributed by atoms with E-state index in [4.69, 9.17) is 0 Å². The van der Waals surface area contributed by atoms with Gasteiger partial charge in [-0.15, -0.1) is 15.3 Å². The second-order valence-corrected chi connectivity index (χ2v) is 6.83. The van der Waals surface area contributed by atoms with E-state index in [2.05, 4.69) is 30.4 Å². The standard InChI is InChI=1S/C20H19N9O/c30-20(17-15-22-29(25-17)16-5-2-1-3-6-16)27-13-11-26(12-14-27)18-7-8-19(24-23-18)28-10-4-9-21-28/h1-10,15H,11-14H2. The third kappa shape index (κ3) is 3.50. The van der Waals surface area contributed by atoms with Gasteiger partial charge in [-0.05, 0) is 30.3 Å². The Bertz CT molecular complexity index is 1110. The molecule has 10 heteroatoms. The van der Waals surface area contributed by atoms with Gasteiger partial charge in [0.1, 0.15) is 0 Å². The van der Waals surface area contributed by atoms with Gasteiger partial charge in [0.2, 0.25) is 0 Å². The average molecular weight is 401 g/mol. The van der Waals surface area contributed by atoms with Crippen molar-refractivity contribution in [3.05, 3.63) is 72.8 Å². The van der Waals surface area contributed by atoms with Crippen molar-refractivity contribution in [2.24, 2.45) is 0 Å². The first kappa shape index (κ1) is 18.0. The first-order valence-electron chi connectivity index (χ1n) is 9.64. The number of piperazine rings is 1. The molecule has 0 unspecified atom stereocenters. The summed E-state index contributed by atoms with van der Waals surface area (Å²) in [6.45, 7) is 2.52. The largest absolute Gasteiger partial charge is 0.352 e. The quantitative estimate of drug-likeness (QED) is 0.507. The van der Waals surface area contributed by atoms with Crippen LogP contribution in [0.2, 0.25) is 0 Å². The van der Waals surface area contributed by atoms with E-state index in [1.54, 1.807) is 15.8 Å². The molecule has 1 aliphatic rings. The normalized spacial score (nSPS) is 14.1. The van der Waals surface area contributed by atoms with Crippen LogP contribution in [0.15, 0.2) is 67.1 Å². The fraction of sp³-hybridized carbons (Fsp3) is 0.200. The van der Waals surface area contributed by atoms with E-state index in [9.17, 15) is 4.79 Å². The number of rotatable bonds is 4. The molecule has 1 aromatic carbocycles. The number of para-hydroxylation sites is 1. The number of aromatic nitrogens is 7. The summed E-state index contributed by atoms with van der Waals surface area (Å²) in [4.78, 5) is 18.2. The van der Waals surface area contributed by atoms with E-state index in [1.165, 1.54) is 11.0 Å². The van der Waals surface area contributed by atoms with E-state index in [0.29, 0.717) is 37.7 Å². The molecule has 5 rings (SSSR count). The Morgan fingerprint density at radius 3 is 2.30 bits per heavy atom. The monoisotopic (exact) mass is 401 g/mol. The second-order valence-electron chi connectivity index (χ2n) is 6.83. The van der Waals surface area contributed by atoms with Crippen LogP contribution in [0.4, 0.5) is 5.82 Å². The van der Waals surface area contributed by atoms with Crippen LogP contribution in [-0.2, 0) is 0 Å². The third-order valence-corrected chi connectivity index (χ3v) is 4.96. The lowest BCUT2D eigenvalue weighted by Gasteiger charge is -2.34. The van der Waals surface area contributed by atoms with Crippen LogP contribution in [0.25, 0.3) is 11.5 Å². The van der Waals surface area contributed by atoms with Crippen molar-refractivity contribution in [2.75, 3.05) is 31.1 Å². The summed E-state index contributed by atoms with van der Waals surface area (Å²) in [5, 5.41) is 21.3. The summed E-state index contributed by atoms with van der Waals surface area (Å²) >= 11 is 0. The van der Waals surface area contributed by atoms with Crippen molar-refractivity contribution in [3.63, 3.8) is 0 Å². The van der Waals surface area contributed by atoms with Gasteiger partial charge in [0, 0.05) is 38.6 Å². The highest BCUT2D eigenvalue weighted by Crippen LogP contribution is 2.15. The zero-order chi connectivity index (χ0) is 20.3. The maximum absolute atomic E-state index is 12.8. The van der Waals surface area contributed by atoms with Crippen molar-refractivity contribution in [3.8, 4) is 11.5 Å². The minimum absolute atomic E-state index is 0.114. The van der Waals surface area contributed by atoms with Gasteiger partial charge in [-0.25, -0.2) is 4.68 Å². The summed E-state index contributed by atoms with van der Waals surface area (Å²) in [5.74, 6) is 1.34. The van der Waals surface area contributed by atoms with E-state index in [1.807, 2.05) is 54.7 Å². The van der Waals surface area contributed by atoms with Crippen molar-refractivity contribution >= 4 is 11.7 Å². The Labute approximate surface area is 172 Å². The molecule has 4 heterocycles. The van der Waals surface area contributed by atoms with E-state index < -0.39 is 0 Å². The van der Waals surface area contributed by atoms with Gasteiger partial charge in [0.15, 0.2) is 17.3 Å². The molecule has 0 aliphatic carbocycles. The molecule has 0 bridgehead atoms. The Morgan fingerprint density at radius 1 is 0.833 bits per heavy atom. The van der Waals surface area contributed by atoms with E-state index >= 15 is 0 Å². The lowest BCUT2D eigenvalue weighted by atomic mass is 10.3. The highest BCUT2D eigenvalue weighted by molar-refractivity contribution is 5.92. The molecule has 0 N–H and O–H groups in total. The number of amides is 1. The number of benzene rings is 1. The Kier molecular flexibility index (Phi) is 4.64. The number of carbonyl (C=O) groups excluding carboxylic acids is 1. The summed E-state index contributed by atoms with van der Waals surface area (Å²) in [7, 11) is 0. The number of nitrogens with zero attached hydrogens (tertiary/aromatic N) is 9. The number of hydrogen-bond donors (Lipinski definition) is 0. The van der Waals surface area contributed by atoms with E-state index in [0.717, 1.165) is 11.5 Å². The molecule has 150 valence electrons. The van der Waals surface area contributed by atoms with Gasteiger partial charge < -0.3 is 9.80 Å². The van der Waals surface area contributed by atoms with Crippen LogP contribution in [-0.4, -0.2) is 72.0 Å². The van der Waals surface area contributed by atoms with Crippen molar-refractivity contribution in [1.82, 2.24) is 39.9 Å². The second kappa shape index (κ2) is 7.74. The van der Waals surface area contributed by atoms with Crippen LogP contribution >= 0.6 is 0 Å². The molecule has 1 amide bonds. The first-order chi connectivity index (χ1) is 14.8. The molecule has 0 atom stereocenters. The fourth-order valence-electron chi connectivity index (χ4n) is 3.36. The minimum Gasteiger partial charge on any atom is -0.352 e. The highest BCUT2D eigenvalue weighted by Gasteiger charge is 2.25. The number of anilines is 1. The van der Waals surface area contributed by atoms with Crippen LogP contribution in [0.5, 0.6) is 0 Å². The maximum atomic E-state index is 12.8. The summed E-state index contributed by atoms with van der Waals surface area (Å²) < 4.78 is 1.66. The third-order valence-electron chi connectivity index (χ3n) is 4.96. The molecular formula is C20H19N9O. The summed E-state index contributed by atoms with van der Waals surface area (Å²) in [5.41, 5.74) is 1.16. The Balaban J connectivity index is 1.22. The molecule has 4 aromatic rings. The molecule has 1 saturated heterocycles. The molecular weight excluding hydrogens is 382 g/mol. The van der Waals surface area contributed by atoms with Crippen LogP contribution in [0, 0.1) is 0 Å². The van der Waals surface area contributed by atoms with Crippen LogP contribution in [0.1, 0.15) is 10.5 Å². The van der Waals surface area contributed by atoms with Gasteiger partial charge in [0.25, 0.3) is 5.91 Å². The zero-order valence-corrected chi connectivity index (χ0v) is 16.1.